The Balaban J connectivity index is 2.43. The van der Waals surface area contributed by atoms with Crippen LogP contribution in [-0.2, 0) is 14.3 Å². The fourth-order valence-corrected chi connectivity index (χ4v) is 2.07. The molecule has 0 saturated heterocycles. The lowest BCUT2D eigenvalue weighted by Gasteiger charge is -2.31. The second kappa shape index (κ2) is 6.24. The van der Waals surface area contributed by atoms with Crippen molar-refractivity contribution in [1.82, 2.24) is 5.32 Å². The summed E-state index contributed by atoms with van der Waals surface area (Å²) in [4.78, 5) is 22.5. The van der Waals surface area contributed by atoms with Gasteiger partial charge in [0.05, 0.1) is 19.6 Å². The van der Waals surface area contributed by atoms with E-state index in [2.05, 4.69) is 16.1 Å². The minimum atomic E-state index is -0.717. The molecule has 1 aliphatic rings. The Bertz CT molecular complexity index is 327. The molecule has 17 heavy (non-hydrogen) atoms. The molecule has 1 fully saturated rings. The van der Waals surface area contributed by atoms with Gasteiger partial charge in [-0.25, -0.2) is 0 Å². The molecule has 94 valence electrons. The van der Waals surface area contributed by atoms with E-state index in [0.717, 1.165) is 19.3 Å². The zero-order chi connectivity index (χ0) is 12.7. The Morgan fingerprint density at radius 1 is 1.29 bits per heavy atom. The number of carbonyl (C=O) groups excluding carboxylic acids is 2. The third kappa shape index (κ3) is 4.06. The van der Waals surface area contributed by atoms with Gasteiger partial charge in [0.15, 0.2) is 0 Å². The third-order valence-electron chi connectivity index (χ3n) is 3.08. The minimum Gasteiger partial charge on any atom is -0.469 e. The molecule has 1 N–H and O–H groups in total. The Hall–Kier alpha value is -1.57. The molecular formula is C12H18N2O3. The average molecular weight is 238 g/mol. The van der Waals surface area contributed by atoms with Crippen molar-refractivity contribution in [3.8, 4) is 6.07 Å². The first-order valence-electron chi connectivity index (χ1n) is 5.91. The van der Waals surface area contributed by atoms with Gasteiger partial charge in [-0.2, -0.15) is 5.26 Å². The van der Waals surface area contributed by atoms with Crippen LogP contribution in [0, 0.1) is 11.3 Å². The van der Waals surface area contributed by atoms with Crippen molar-refractivity contribution in [2.45, 2.75) is 50.5 Å². The van der Waals surface area contributed by atoms with E-state index in [-0.39, 0.29) is 18.7 Å². The summed E-state index contributed by atoms with van der Waals surface area (Å²) < 4.78 is 4.46. The number of nitriles is 1. The van der Waals surface area contributed by atoms with E-state index >= 15 is 0 Å². The molecule has 0 unspecified atom stereocenters. The first-order valence-corrected chi connectivity index (χ1v) is 5.91. The highest BCUT2D eigenvalue weighted by molar-refractivity contribution is 5.82. The summed E-state index contributed by atoms with van der Waals surface area (Å²) in [7, 11) is 1.29. The van der Waals surface area contributed by atoms with Gasteiger partial charge in [0.25, 0.3) is 0 Å². The highest BCUT2D eigenvalue weighted by Crippen LogP contribution is 2.27. The molecule has 5 nitrogen and oxygen atoms in total. The predicted octanol–water partition coefficient (Wildman–Crippen LogP) is 1.28. The highest BCUT2D eigenvalue weighted by atomic mass is 16.5. The van der Waals surface area contributed by atoms with E-state index in [1.807, 2.05) is 0 Å². The monoisotopic (exact) mass is 238 g/mol. The normalized spacial score (nSPS) is 17.9. The van der Waals surface area contributed by atoms with Crippen molar-refractivity contribution in [3.05, 3.63) is 0 Å². The maximum Gasteiger partial charge on any atom is 0.306 e. The highest BCUT2D eigenvalue weighted by Gasteiger charge is 2.33. The summed E-state index contributed by atoms with van der Waals surface area (Å²) in [6.07, 6.45) is 4.58. The van der Waals surface area contributed by atoms with Crippen molar-refractivity contribution in [3.63, 3.8) is 0 Å². The molecule has 1 saturated carbocycles. The number of hydrogen-bond acceptors (Lipinski definition) is 4. The zero-order valence-corrected chi connectivity index (χ0v) is 10.1. The second-order valence-electron chi connectivity index (χ2n) is 4.38. The number of rotatable bonds is 4. The Kier molecular flexibility index (Phi) is 4.95. The zero-order valence-electron chi connectivity index (χ0n) is 10.1. The van der Waals surface area contributed by atoms with E-state index in [1.165, 1.54) is 7.11 Å². The van der Waals surface area contributed by atoms with Gasteiger partial charge < -0.3 is 10.1 Å². The third-order valence-corrected chi connectivity index (χ3v) is 3.08. The molecule has 0 spiro atoms. The van der Waals surface area contributed by atoms with Crippen LogP contribution in [0.4, 0.5) is 0 Å². The molecule has 0 heterocycles. The number of ether oxygens (including phenoxy) is 1. The van der Waals surface area contributed by atoms with Crippen molar-refractivity contribution in [2.24, 2.45) is 0 Å². The summed E-state index contributed by atoms with van der Waals surface area (Å²) in [5, 5.41) is 11.9. The van der Waals surface area contributed by atoms with Crippen molar-refractivity contribution >= 4 is 11.9 Å². The van der Waals surface area contributed by atoms with Gasteiger partial charge in [0.1, 0.15) is 5.54 Å². The average Bonchev–Trinajstić information content (AvgIpc) is 2.37. The second-order valence-corrected chi connectivity index (χ2v) is 4.38. The Labute approximate surface area is 101 Å². The fraction of sp³-hybridized carbons (Fsp3) is 0.750. The molecule has 1 amide bonds. The number of nitrogens with zero attached hydrogens (tertiary/aromatic N) is 1. The number of methoxy groups -OCH3 is 1. The first-order chi connectivity index (χ1) is 8.12. The smallest absolute Gasteiger partial charge is 0.306 e. The Morgan fingerprint density at radius 3 is 2.47 bits per heavy atom. The van der Waals surface area contributed by atoms with E-state index in [0.29, 0.717) is 12.8 Å². The van der Waals surface area contributed by atoms with E-state index < -0.39 is 11.5 Å². The van der Waals surface area contributed by atoms with Crippen LogP contribution in [0.3, 0.4) is 0 Å². The van der Waals surface area contributed by atoms with E-state index in [4.69, 9.17) is 5.26 Å². The van der Waals surface area contributed by atoms with Gasteiger partial charge in [-0.3, -0.25) is 9.59 Å². The van der Waals surface area contributed by atoms with Crippen LogP contribution in [0.2, 0.25) is 0 Å². The van der Waals surface area contributed by atoms with Crippen LogP contribution < -0.4 is 5.32 Å². The van der Waals surface area contributed by atoms with Crippen molar-refractivity contribution in [1.29, 1.82) is 5.26 Å². The maximum atomic E-state index is 11.6. The number of carbonyl (C=O) groups is 2. The SMILES string of the molecule is COC(=O)CCC(=O)NC1(C#N)CCCCC1. The first kappa shape index (κ1) is 13.5. The summed E-state index contributed by atoms with van der Waals surface area (Å²) >= 11 is 0. The summed E-state index contributed by atoms with van der Waals surface area (Å²) in [6, 6.07) is 2.20. The van der Waals surface area contributed by atoms with Gasteiger partial charge in [-0.15, -0.1) is 0 Å². The molecule has 0 radical (unpaired) electrons. The van der Waals surface area contributed by atoms with Crippen LogP contribution in [0.1, 0.15) is 44.9 Å². The van der Waals surface area contributed by atoms with Gasteiger partial charge in [-0.1, -0.05) is 19.3 Å². The topological polar surface area (TPSA) is 79.2 Å². The molecule has 0 aliphatic heterocycles. The summed E-state index contributed by atoms with van der Waals surface area (Å²) in [5.41, 5.74) is -0.717. The maximum absolute atomic E-state index is 11.6. The lowest BCUT2D eigenvalue weighted by molar-refractivity contribution is -0.142. The minimum absolute atomic E-state index is 0.0594. The van der Waals surface area contributed by atoms with Crippen LogP contribution in [0.5, 0.6) is 0 Å². The van der Waals surface area contributed by atoms with Crippen molar-refractivity contribution in [2.75, 3.05) is 7.11 Å². The number of esters is 1. The Morgan fingerprint density at radius 2 is 1.94 bits per heavy atom. The quantitative estimate of drug-likeness (QED) is 0.748. The molecule has 0 aromatic heterocycles. The molecule has 0 aromatic rings. The predicted molar refractivity (Wildman–Crippen MR) is 60.8 cm³/mol. The molecular weight excluding hydrogens is 220 g/mol. The molecule has 0 bridgehead atoms. The van der Waals surface area contributed by atoms with E-state index in [9.17, 15) is 9.59 Å². The molecule has 1 aliphatic carbocycles. The number of amides is 1. The van der Waals surface area contributed by atoms with Crippen LogP contribution in [-0.4, -0.2) is 24.5 Å². The molecule has 5 heteroatoms. The summed E-state index contributed by atoms with van der Waals surface area (Å²) in [6.45, 7) is 0. The van der Waals surface area contributed by atoms with Gasteiger partial charge >= 0.3 is 5.97 Å². The number of nitrogens with one attached hydrogen (secondary N) is 1. The van der Waals surface area contributed by atoms with Gasteiger partial charge in [0, 0.05) is 6.42 Å². The fourth-order valence-electron chi connectivity index (χ4n) is 2.07. The number of hydrogen-bond donors (Lipinski definition) is 1. The van der Waals surface area contributed by atoms with Crippen LogP contribution in [0.15, 0.2) is 0 Å². The van der Waals surface area contributed by atoms with Crippen LogP contribution >= 0.6 is 0 Å². The lowest BCUT2D eigenvalue weighted by Crippen LogP contribution is -2.48. The lowest BCUT2D eigenvalue weighted by atomic mass is 9.83. The standard InChI is InChI=1S/C12H18N2O3/c1-17-11(16)6-5-10(15)14-12(9-13)7-3-2-4-8-12/h2-8H2,1H3,(H,14,15). The van der Waals surface area contributed by atoms with Gasteiger partial charge in [0.2, 0.25) is 5.91 Å². The van der Waals surface area contributed by atoms with Crippen LogP contribution in [0.25, 0.3) is 0 Å². The van der Waals surface area contributed by atoms with Crippen molar-refractivity contribution < 1.29 is 14.3 Å². The summed E-state index contributed by atoms with van der Waals surface area (Å²) in [5.74, 6) is -0.659. The largest absolute Gasteiger partial charge is 0.469 e. The van der Waals surface area contributed by atoms with E-state index in [1.54, 1.807) is 0 Å². The molecule has 0 atom stereocenters. The molecule has 1 rings (SSSR count). The van der Waals surface area contributed by atoms with Gasteiger partial charge in [-0.05, 0) is 12.8 Å². The molecule has 0 aromatic carbocycles.